The molecule has 1 aliphatic rings. The van der Waals surface area contributed by atoms with Crippen LogP contribution in [0.25, 0.3) is 11.1 Å². The van der Waals surface area contributed by atoms with Gasteiger partial charge >= 0.3 is 11.9 Å². The van der Waals surface area contributed by atoms with Crippen LogP contribution in [0, 0.1) is 11.7 Å². The van der Waals surface area contributed by atoms with Gasteiger partial charge < -0.3 is 19.7 Å². The van der Waals surface area contributed by atoms with E-state index in [0.717, 1.165) is 73.8 Å². The van der Waals surface area contributed by atoms with E-state index in [-0.39, 0.29) is 24.8 Å². The van der Waals surface area contributed by atoms with Crippen molar-refractivity contribution in [2.24, 2.45) is 5.92 Å². The summed E-state index contributed by atoms with van der Waals surface area (Å²) in [5.74, 6) is -0.211. The van der Waals surface area contributed by atoms with E-state index >= 15 is 4.39 Å². The van der Waals surface area contributed by atoms with Crippen molar-refractivity contribution in [2.45, 2.75) is 160 Å². The number of carbonyl (C=O) groups is 2. The summed E-state index contributed by atoms with van der Waals surface area (Å²) < 4.78 is 29.6. The van der Waals surface area contributed by atoms with Crippen LogP contribution in [0.4, 0.5) is 4.39 Å². The number of benzene rings is 3. The van der Waals surface area contributed by atoms with Gasteiger partial charge in [-0.25, -0.2) is 9.07 Å². The molecular formula is C49H66FN3O6. The molecule has 0 saturated heterocycles. The maximum Gasteiger partial charge on any atom is 0.303 e. The van der Waals surface area contributed by atoms with E-state index in [1.807, 2.05) is 53.3 Å². The van der Waals surface area contributed by atoms with Crippen molar-refractivity contribution in [3.8, 4) is 22.6 Å². The Kier molecular flexibility index (Phi) is 17.8. The van der Waals surface area contributed by atoms with Crippen LogP contribution in [0.2, 0.25) is 0 Å². The highest BCUT2D eigenvalue weighted by molar-refractivity contribution is 5.72. The molecule has 0 radical (unpaired) electrons. The summed E-state index contributed by atoms with van der Waals surface area (Å²) in [6, 6.07) is 18.4. The van der Waals surface area contributed by atoms with Gasteiger partial charge in [0, 0.05) is 23.7 Å². The first-order chi connectivity index (χ1) is 28.6. The van der Waals surface area contributed by atoms with Gasteiger partial charge in [0.2, 0.25) is 0 Å². The monoisotopic (exact) mass is 811 g/mol. The Hall–Kier alpha value is -4.73. The number of carboxylic acids is 2. The Morgan fingerprint density at radius 2 is 1.42 bits per heavy atom. The minimum Gasteiger partial charge on any atom is -0.496 e. The molecule has 1 unspecified atom stereocenters. The molecular weight excluding hydrogens is 746 g/mol. The molecule has 0 spiro atoms. The van der Waals surface area contributed by atoms with Crippen LogP contribution in [-0.2, 0) is 28.2 Å². The maximum absolute atomic E-state index is 15.5. The normalized spacial score (nSPS) is 13.4. The van der Waals surface area contributed by atoms with Crippen LogP contribution < -0.4 is 9.47 Å². The third-order valence-electron chi connectivity index (χ3n) is 11.9. The summed E-state index contributed by atoms with van der Waals surface area (Å²) in [6.07, 6.45) is 23.3. The molecule has 1 heterocycles. The first kappa shape index (κ1) is 45.4. The van der Waals surface area contributed by atoms with E-state index in [4.69, 9.17) is 14.6 Å². The topological polar surface area (TPSA) is 124 Å². The van der Waals surface area contributed by atoms with Gasteiger partial charge in [0.15, 0.2) is 0 Å². The summed E-state index contributed by atoms with van der Waals surface area (Å²) in [6.45, 7) is 4.34. The molecule has 59 heavy (non-hydrogen) atoms. The molecule has 3 aromatic carbocycles. The van der Waals surface area contributed by atoms with Crippen LogP contribution in [0.5, 0.6) is 11.5 Å². The highest BCUT2D eigenvalue weighted by atomic mass is 19.1. The number of hydrogen-bond donors (Lipinski definition) is 2. The van der Waals surface area contributed by atoms with Crippen LogP contribution in [0.15, 0.2) is 66.9 Å². The van der Waals surface area contributed by atoms with E-state index < -0.39 is 17.5 Å². The van der Waals surface area contributed by atoms with Crippen molar-refractivity contribution in [1.29, 1.82) is 0 Å². The molecule has 320 valence electrons. The number of rotatable bonds is 29. The number of aryl methyl sites for hydroxylation is 1. The highest BCUT2D eigenvalue weighted by Crippen LogP contribution is 2.45. The average Bonchev–Trinajstić information content (AvgIpc) is 3.95. The van der Waals surface area contributed by atoms with Gasteiger partial charge in [0.1, 0.15) is 23.9 Å². The number of nitrogens with zero attached hydrogens (tertiary/aromatic N) is 3. The zero-order valence-corrected chi connectivity index (χ0v) is 35.6. The van der Waals surface area contributed by atoms with E-state index in [2.05, 4.69) is 24.2 Å². The number of hydrogen-bond acceptors (Lipinski definition) is 6. The molecule has 9 nitrogen and oxygen atoms in total. The van der Waals surface area contributed by atoms with Crippen LogP contribution >= 0.6 is 0 Å². The van der Waals surface area contributed by atoms with E-state index in [1.54, 1.807) is 19.2 Å². The minimum absolute atomic E-state index is 0.0332. The summed E-state index contributed by atoms with van der Waals surface area (Å²) in [5, 5.41) is 27.4. The zero-order chi connectivity index (χ0) is 42.0. The van der Waals surface area contributed by atoms with E-state index in [9.17, 15) is 14.7 Å². The molecule has 1 saturated carbocycles. The van der Waals surface area contributed by atoms with Gasteiger partial charge in [-0.1, -0.05) is 119 Å². The second-order valence-corrected chi connectivity index (χ2v) is 17.0. The number of aliphatic carboxylic acids is 2. The molecule has 0 bridgehead atoms. The fourth-order valence-electron chi connectivity index (χ4n) is 8.27. The third-order valence-corrected chi connectivity index (χ3v) is 11.9. The Morgan fingerprint density at radius 3 is 2.02 bits per heavy atom. The number of carboxylic acid groups (broad SMARTS) is 2. The molecule has 5 rings (SSSR count). The highest BCUT2D eigenvalue weighted by Gasteiger charge is 2.34. The first-order valence-electron chi connectivity index (χ1n) is 22.1. The summed E-state index contributed by atoms with van der Waals surface area (Å²) >= 11 is 0. The second-order valence-electron chi connectivity index (χ2n) is 17.0. The van der Waals surface area contributed by atoms with E-state index in [0.29, 0.717) is 35.0 Å². The molecule has 0 aliphatic heterocycles. The Balaban J connectivity index is 1.14. The summed E-state index contributed by atoms with van der Waals surface area (Å²) in [4.78, 5) is 22.2. The number of aromatic nitrogens is 3. The van der Waals surface area contributed by atoms with Gasteiger partial charge in [-0.2, -0.15) is 0 Å². The molecule has 1 aliphatic carbocycles. The lowest BCUT2D eigenvalue weighted by Gasteiger charge is -2.29. The minimum atomic E-state index is -0.793. The number of methoxy groups -OCH3 is 1. The number of halogens is 1. The lowest BCUT2D eigenvalue weighted by Crippen LogP contribution is -2.29. The van der Waals surface area contributed by atoms with Gasteiger partial charge in [-0.05, 0) is 105 Å². The van der Waals surface area contributed by atoms with Crippen molar-refractivity contribution < 1.29 is 33.7 Å². The predicted molar refractivity (Wildman–Crippen MR) is 231 cm³/mol. The average molecular weight is 812 g/mol. The summed E-state index contributed by atoms with van der Waals surface area (Å²) in [7, 11) is 1.60. The molecule has 1 fully saturated rings. The maximum atomic E-state index is 15.5. The number of unbranched alkanes of at least 4 members (excludes halogenated alkanes) is 14. The fraction of sp³-hybridized carbons (Fsp3) is 0.551. The molecule has 1 atom stereocenters. The first-order valence-corrected chi connectivity index (χ1v) is 22.1. The molecule has 10 heteroatoms. The fourth-order valence-corrected chi connectivity index (χ4v) is 8.27. The SMILES string of the molecule is COc1cc(-c2ccccc2F)c(C(C)(C)n2cc(CCCCCCCCCCCCCCCCCC(=O)O)nn2)cc1COc1cccc(C(CC(=O)O)C2CC2)c1. The smallest absolute Gasteiger partial charge is 0.303 e. The summed E-state index contributed by atoms with van der Waals surface area (Å²) in [5.41, 5.74) is 4.04. The number of ether oxygens (including phenoxy) is 2. The largest absolute Gasteiger partial charge is 0.496 e. The van der Waals surface area contributed by atoms with Crippen molar-refractivity contribution >= 4 is 11.9 Å². The quantitative estimate of drug-likeness (QED) is 0.0520. The van der Waals surface area contributed by atoms with Crippen molar-refractivity contribution in [1.82, 2.24) is 15.0 Å². The predicted octanol–water partition coefficient (Wildman–Crippen LogP) is 12.3. The Labute approximate surface area is 350 Å². The molecule has 0 amide bonds. The zero-order valence-electron chi connectivity index (χ0n) is 35.6. The lowest BCUT2D eigenvalue weighted by atomic mass is 9.85. The second kappa shape index (κ2) is 23.2. The standard InChI is InChI=1S/C49H66FN3O6/c1-49(2,53-34-39(51-52-53)23-17-15-13-11-9-7-5-4-6-8-10-12-14-16-18-27-47(54)55)44-31-38(46(58-3)32-43(44)41-25-19-20-26-45(41)50)35-59-40-24-21-22-37(30-40)42(33-48(56)57)36-28-29-36/h19-22,24-26,30-32,34,36,42H,4-18,23,27-29,33,35H2,1-3H3,(H,54,55)(H,56,57). The van der Waals surface area contributed by atoms with Gasteiger partial charge in [-0.3, -0.25) is 9.59 Å². The Morgan fingerprint density at radius 1 is 0.797 bits per heavy atom. The molecule has 4 aromatic rings. The molecule has 1 aromatic heterocycles. The van der Waals surface area contributed by atoms with Crippen molar-refractivity contribution in [3.63, 3.8) is 0 Å². The lowest BCUT2D eigenvalue weighted by molar-refractivity contribution is -0.138. The van der Waals surface area contributed by atoms with Gasteiger partial charge in [0.25, 0.3) is 0 Å². The van der Waals surface area contributed by atoms with E-state index in [1.165, 1.54) is 70.3 Å². The van der Waals surface area contributed by atoms with Crippen LogP contribution in [0.3, 0.4) is 0 Å². The van der Waals surface area contributed by atoms with Gasteiger partial charge in [0.05, 0.1) is 24.8 Å². The third kappa shape index (κ3) is 14.2. The molecule has 2 N–H and O–H groups in total. The van der Waals surface area contributed by atoms with Crippen LogP contribution in [0.1, 0.15) is 164 Å². The van der Waals surface area contributed by atoms with Crippen molar-refractivity contribution in [3.05, 3.63) is 95.1 Å². The van der Waals surface area contributed by atoms with Crippen molar-refractivity contribution in [2.75, 3.05) is 7.11 Å². The van der Waals surface area contributed by atoms with Gasteiger partial charge in [-0.15, -0.1) is 5.10 Å². The Bertz CT molecular complexity index is 1920. The van der Waals surface area contributed by atoms with Crippen LogP contribution in [-0.4, -0.2) is 44.3 Å².